The molecule has 26 heavy (non-hydrogen) atoms. The summed E-state index contributed by atoms with van der Waals surface area (Å²) in [6.45, 7) is 4.85. The van der Waals surface area contributed by atoms with Crippen molar-refractivity contribution in [2.45, 2.75) is 7.25 Å². The molecule has 1 unspecified atom stereocenters. The van der Waals surface area contributed by atoms with Crippen LogP contribution in [0.3, 0.4) is 0 Å². The Kier molecular flexibility index (Phi) is 4.35. The van der Waals surface area contributed by atoms with Crippen molar-refractivity contribution >= 4 is 14.0 Å². The van der Waals surface area contributed by atoms with Gasteiger partial charge in [-0.25, -0.2) is 0 Å². The SMILES string of the molecule is CP(C)C1=Cc2ccccc2[CH]1[Zr][CH]1c2ccccc2-c2ccccc21. The Labute approximate surface area is 168 Å². The van der Waals surface area contributed by atoms with Crippen LogP contribution in [0.15, 0.2) is 78.1 Å². The summed E-state index contributed by atoms with van der Waals surface area (Å²) in [7, 11) is -0.0384. The fraction of sp³-hybridized carbons (Fsp3) is 0.167. The van der Waals surface area contributed by atoms with Crippen LogP contribution in [-0.2, 0) is 23.2 Å². The number of hydrogen-bond acceptors (Lipinski definition) is 0. The Morgan fingerprint density at radius 2 is 1.19 bits per heavy atom. The summed E-state index contributed by atoms with van der Waals surface area (Å²) in [5.74, 6) is 0. The van der Waals surface area contributed by atoms with Gasteiger partial charge in [-0.15, -0.1) is 0 Å². The van der Waals surface area contributed by atoms with Crippen LogP contribution >= 0.6 is 7.92 Å². The minimum absolute atomic E-state index is 0.0384. The molecule has 0 spiro atoms. The monoisotopic (exact) mass is 430 g/mol. The molecule has 5 rings (SSSR count). The molecule has 0 aromatic heterocycles. The van der Waals surface area contributed by atoms with E-state index in [1.54, 1.807) is 22.0 Å². The standard InChI is InChI=1S/C13H9.C11H12P.Zr/c1-3-7-12-10(5-1)9-11-6-2-4-8-13(11)12;1-12(2)11-7-9-5-3-4-6-10(9)8-11;/h1-9H;3-8H,1-2H3;. The normalized spacial score (nSPS) is 17.7. The predicted octanol–water partition coefficient (Wildman–Crippen LogP) is 6.68. The van der Waals surface area contributed by atoms with Gasteiger partial charge in [-0.1, -0.05) is 0 Å². The van der Waals surface area contributed by atoms with Gasteiger partial charge in [0, 0.05) is 0 Å². The molecular weight excluding hydrogens is 410 g/mol. The van der Waals surface area contributed by atoms with Crippen LogP contribution in [0, 0.1) is 0 Å². The van der Waals surface area contributed by atoms with Crippen LogP contribution in [0.5, 0.6) is 0 Å². The topological polar surface area (TPSA) is 0 Å². The van der Waals surface area contributed by atoms with Crippen LogP contribution in [-0.4, -0.2) is 13.3 Å². The molecule has 0 N–H and O–H groups in total. The van der Waals surface area contributed by atoms with Gasteiger partial charge in [-0.05, 0) is 0 Å². The van der Waals surface area contributed by atoms with E-state index in [0.717, 1.165) is 3.63 Å². The van der Waals surface area contributed by atoms with E-state index < -0.39 is 23.2 Å². The Morgan fingerprint density at radius 1 is 0.654 bits per heavy atom. The van der Waals surface area contributed by atoms with Crippen LogP contribution in [0.1, 0.15) is 29.5 Å². The van der Waals surface area contributed by atoms with Crippen LogP contribution < -0.4 is 0 Å². The molecule has 0 aliphatic heterocycles. The molecule has 126 valence electrons. The summed E-state index contributed by atoms with van der Waals surface area (Å²) in [6, 6.07) is 27.3. The first-order valence-corrected chi connectivity index (χ1v) is 14.2. The molecule has 0 fully saturated rings. The van der Waals surface area contributed by atoms with Gasteiger partial charge in [-0.2, -0.15) is 0 Å². The van der Waals surface area contributed by atoms with Crippen molar-refractivity contribution in [3.8, 4) is 11.1 Å². The fourth-order valence-corrected chi connectivity index (χ4v) is 12.4. The Balaban J connectivity index is 1.60. The number of hydrogen-bond donors (Lipinski definition) is 0. The number of fused-ring (bicyclic) bond motifs is 4. The zero-order valence-corrected chi connectivity index (χ0v) is 18.5. The summed E-state index contributed by atoms with van der Waals surface area (Å²) in [4.78, 5) is 0. The van der Waals surface area contributed by atoms with Gasteiger partial charge in [0.15, 0.2) is 0 Å². The van der Waals surface area contributed by atoms with Crippen molar-refractivity contribution in [3.63, 3.8) is 0 Å². The Bertz CT molecular complexity index is 972. The second kappa shape index (κ2) is 6.71. The van der Waals surface area contributed by atoms with E-state index in [1.165, 1.54) is 16.7 Å². The zero-order chi connectivity index (χ0) is 17.7. The van der Waals surface area contributed by atoms with Gasteiger partial charge in [0.1, 0.15) is 0 Å². The van der Waals surface area contributed by atoms with Crippen molar-refractivity contribution in [2.75, 3.05) is 13.3 Å². The zero-order valence-electron chi connectivity index (χ0n) is 15.1. The molecule has 0 nitrogen and oxygen atoms in total. The van der Waals surface area contributed by atoms with E-state index >= 15 is 0 Å². The van der Waals surface area contributed by atoms with Crippen LogP contribution in [0.25, 0.3) is 17.2 Å². The third-order valence-corrected chi connectivity index (χ3v) is 12.3. The second-order valence-electron chi connectivity index (χ2n) is 7.30. The third-order valence-electron chi connectivity index (χ3n) is 5.59. The molecule has 0 radical (unpaired) electrons. The van der Waals surface area contributed by atoms with Crippen molar-refractivity contribution in [3.05, 3.63) is 100 Å². The average Bonchev–Trinajstić information content (AvgIpc) is 3.20. The molecule has 0 heterocycles. The number of allylic oxidation sites excluding steroid dienone is 1. The quantitative estimate of drug-likeness (QED) is 0.406. The maximum atomic E-state index is 2.51. The van der Waals surface area contributed by atoms with Gasteiger partial charge in [0.2, 0.25) is 0 Å². The van der Waals surface area contributed by atoms with E-state index in [2.05, 4.69) is 92.2 Å². The van der Waals surface area contributed by atoms with Gasteiger partial charge >= 0.3 is 169 Å². The third kappa shape index (κ3) is 2.64. The van der Waals surface area contributed by atoms with Crippen molar-refractivity contribution in [2.24, 2.45) is 0 Å². The van der Waals surface area contributed by atoms with E-state index in [1.807, 2.05) is 0 Å². The molecule has 0 bridgehead atoms. The Morgan fingerprint density at radius 3 is 1.81 bits per heavy atom. The van der Waals surface area contributed by atoms with Crippen molar-refractivity contribution in [1.82, 2.24) is 0 Å². The van der Waals surface area contributed by atoms with Gasteiger partial charge in [0.05, 0.1) is 0 Å². The summed E-state index contributed by atoms with van der Waals surface area (Å²) in [5, 5.41) is 1.73. The Hall–Kier alpha value is -1.29. The van der Waals surface area contributed by atoms with Gasteiger partial charge in [0.25, 0.3) is 0 Å². The summed E-state index contributed by atoms with van der Waals surface area (Å²) in [6.07, 6.45) is 2.51. The van der Waals surface area contributed by atoms with E-state index in [9.17, 15) is 0 Å². The first kappa shape index (κ1) is 16.9. The van der Waals surface area contributed by atoms with Crippen molar-refractivity contribution in [1.29, 1.82) is 0 Å². The average molecular weight is 432 g/mol. The summed E-state index contributed by atoms with van der Waals surface area (Å²) >= 11 is -0.759. The molecule has 1 atom stereocenters. The van der Waals surface area contributed by atoms with Crippen LogP contribution in [0.2, 0.25) is 0 Å². The van der Waals surface area contributed by atoms with Gasteiger partial charge in [-0.3, -0.25) is 0 Å². The molecule has 0 amide bonds. The maximum absolute atomic E-state index is 2.51. The molecule has 3 aromatic rings. The number of benzene rings is 3. The summed E-state index contributed by atoms with van der Waals surface area (Å²) in [5.41, 5.74) is 9.19. The molecule has 3 aromatic carbocycles. The molecular formula is C24H21PZr. The summed E-state index contributed by atoms with van der Waals surface area (Å²) < 4.78 is 1.39. The second-order valence-corrected chi connectivity index (χ2v) is 13.3. The van der Waals surface area contributed by atoms with Crippen molar-refractivity contribution < 1.29 is 23.2 Å². The minimum atomic E-state index is -0.759. The molecule has 2 aliphatic rings. The van der Waals surface area contributed by atoms with Gasteiger partial charge < -0.3 is 0 Å². The number of rotatable bonds is 3. The molecule has 0 saturated carbocycles. The molecule has 2 aliphatic carbocycles. The molecule has 0 saturated heterocycles. The fourth-order valence-electron chi connectivity index (χ4n) is 4.37. The first-order valence-electron chi connectivity index (χ1n) is 9.16. The van der Waals surface area contributed by atoms with E-state index in [-0.39, 0.29) is 7.92 Å². The first-order chi connectivity index (χ1) is 12.7. The molecule has 2 heteroatoms. The van der Waals surface area contributed by atoms with E-state index in [4.69, 9.17) is 0 Å². The van der Waals surface area contributed by atoms with E-state index in [0.29, 0.717) is 3.63 Å². The predicted molar refractivity (Wildman–Crippen MR) is 110 cm³/mol. The van der Waals surface area contributed by atoms with Crippen LogP contribution in [0.4, 0.5) is 0 Å².